The zero-order valence-electron chi connectivity index (χ0n) is 10.7. The van der Waals surface area contributed by atoms with Crippen LogP contribution in [0, 0.1) is 0 Å². The van der Waals surface area contributed by atoms with Gasteiger partial charge in [-0.2, -0.15) is 11.8 Å². The molecule has 0 aromatic carbocycles. The van der Waals surface area contributed by atoms with Crippen molar-refractivity contribution >= 4 is 17.6 Å². The van der Waals surface area contributed by atoms with Gasteiger partial charge in [0.15, 0.2) is 0 Å². The lowest BCUT2D eigenvalue weighted by Crippen LogP contribution is -2.20. The molecule has 0 radical (unpaired) electrons. The fraction of sp³-hybridized carbons (Fsp3) is 0.692. The Morgan fingerprint density at radius 3 is 3.00 bits per heavy atom. The van der Waals surface area contributed by atoms with E-state index in [2.05, 4.69) is 28.5 Å². The molecular weight excluding hydrogens is 230 g/mol. The minimum Gasteiger partial charge on any atom is -0.367 e. The second kappa shape index (κ2) is 6.24. The summed E-state index contributed by atoms with van der Waals surface area (Å²) >= 11 is 1.90. The Hall–Kier alpha value is -0.770. The van der Waals surface area contributed by atoms with Gasteiger partial charge in [-0.25, -0.2) is 9.97 Å². The van der Waals surface area contributed by atoms with E-state index in [1.54, 1.807) is 6.33 Å². The van der Waals surface area contributed by atoms with E-state index in [4.69, 9.17) is 0 Å². The smallest absolute Gasteiger partial charge is 0.133 e. The molecule has 1 aliphatic rings. The van der Waals surface area contributed by atoms with E-state index in [1.807, 2.05) is 11.8 Å². The normalized spacial score (nSPS) is 16.4. The number of aryl methyl sites for hydroxylation is 1. The Morgan fingerprint density at radius 2 is 2.18 bits per heavy atom. The van der Waals surface area contributed by atoms with Gasteiger partial charge >= 0.3 is 0 Å². The number of hydrogen-bond donors (Lipinski definition) is 1. The van der Waals surface area contributed by atoms with Gasteiger partial charge in [-0.3, -0.25) is 0 Å². The fourth-order valence-corrected chi connectivity index (χ4v) is 2.83. The number of anilines is 1. The van der Waals surface area contributed by atoms with Crippen molar-refractivity contribution in [3.8, 4) is 0 Å². The van der Waals surface area contributed by atoms with Crippen molar-refractivity contribution in [3.63, 3.8) is 0 Å². The summed E-state index contributed by atoms with van der Waals surface area (Å²) in [5, 5.41) is 3.54. The van der Waals surface area contributed by atoms with Gasteiger partial charge in [-0.1, -0.05) is 0 Å². The molecule has 1 aromatic heterocycles. The molecule has 0 bridgehead atoms. The Bertz CT molecular complexity index is 368. The highest BCUT2D eigenvalue weighted by Gasteiger charge is 2.16. The van der Waals surface area contributed by atoms with Gasteiger partial charge in [0.1, 0.15) is 12.1 Å². The number of aromatic nitrogens is 2. The van der Waals surface area contributed by atoms with Crippen LogP contribution in [0.2, 0.25) is 0 Å². The van der Waals surface area contributed by atoms with Crippen LogP contribution in [0.4, 0.5) is 5.82 Å². The molecular formula is C13H21N3S. The van der Waals surface area contributed by atoms with E-state index in [-0.39, 0.29) is 0 Å². The molecule has 4 heteroatoms. The first-order valence-corrected chi connectivity index (χ1v) is 7.79. The van der Waals surface area contributed by atoms with Crippen molar-refractivity contribution in [2.45, 2.75) is 45.1 Å². The van der Waals surface area contributed by atoms with Crippen LogP contribution < -0.4 is 5.32 Å². The third-order valence-corrected chi connectivity index (χ3v) is 3.91. The average Bonchev–Trinajstić information content (AvgIpc) is 2.37. The zero-order valence-corrected chi connectivity index (χ0v) is 11.5. The maximum Gasteiger partial charge on any atom is 0.133 e. The van der Waals surface area contributed by atoms with Crippen LogP contribution in [-0.2, 0) is 12.8 Å². The van der Waals surface area contributed by atoms with Crippen molar-refractivity contribution < 1.29 is 0 Å². The number of nitrogens with zero attached hydrogens (tertiary/aromatic N) is 2. The molecule has 94 valence electrons. The molecule has 0 spiro atoms. The van der Waals surface area contributed by atoms with E-state index in [9.17, 15) is 0 Å². The van der Waals surface area contributed by atoms with Crippen molar-refractivity contribution in [2.24, 2.45) is 0 Å². The van der Waals surface area contributed by atoms with Crippen molar-refractivity contribution in [1.29, 1.82) is 0 Å². The van der Waals surface area contributed by atoms with Crippen molar-refractivity contribution in [3.05, 3.63) is 17.6 Å². The lowest BCUT2D eigenvalue weighted by atomic mass is 9.96. The summed E-state index contributed by atoms with van der Waals surface area (Å²) in [7, 11) is 0. The van der Waals surface area contributed by atoms with Crippen LogP contribution in [0.15, 0.2) is 6.33 Å². The van der Waals surface area contributed by atoms with E-state index in [0.29, 0.717) is 6.04 Å². The molecule has 2 rings (SSSR count). The maximum atomic E-state index is 4.41. The fourth-order valence-electron chi connectivity index (χ4n) is 2.25. The summed E-state index contributed by atoms with van der Waals surface area (Å²) < 4.78 is 0. The lowest BCUT2D eigenvalue weighted by Gasteiger charge is -2.20. The van der Waals surface area contributed by atoms with Crippen molar-refractivity contribution in [2.75, 3.05) is 17.3 Å². The third-order valence-electron chi connectivity index (χ3n) is 3.26. The summed E-state index contributed by atoms with van der Waals surface area (Å²) in [6.07, 6.45) is 9.83. The predicted octanol–water partition coefficient (Wildman–Crippen LogP) is 2.91. The highest BCUT2D eigenvalue weighted by atomic mass is 32.2. The zero-order chi connectivity index (χ0) is 12.1. The van der Waals surface area contributed by atoms with E-state index in [0.717, 1.165) is 18.7 Å². The van der Waals surface area contributed by atoms with Gasteiger partial charge in [-0.05, 0) is 51.0 Å². The Labute approximate surface area is 108 Å². The highest BCUT2D eigenvalue weighted by molar-refractivity contribution is 7.98. The molecule has 17 heavy (non-hydrogen) atoms. The number of thioether (sulfide) groups is 1. The van der Waals surface area contributed by atoms with Gasteiger partial charge in [0.25, 0.3) is 0 Å². The first-order valence-electron chi connectivity index (χ1n) is 6.39. The van der Waals surface area contributed by atoms with Crippen LogP contribution in [0.1, 0.15) is 37.4 Å². The quantitative estimate of drug-likeness (QED) is 0.873. The standard InChI is InChI=1S/C13H21N3S/c1-10(7-8-17-2)16-13-11-5-3-4-6-12(11)14-9-15-13/h9-10H,3-8H2,1-2H3,(H,14,15,16). The third kappa shape index (κ3) is 3.35. The van der Waals surface area contributed by atoms with E-state index < -0.39 is 0 Å². The topological polar surface area (TPSA) is 37.8 Å². The van der Waals surface area contributed by atoms with Crippen LogP contribution in [0.25, 0.3) is 0 Å². The molecule has 0 fully saturated rings. The molecule has 1 N–H and O–H groups in total. The molecule has 1 heterocycles. The molecule has 0 amide bonds. The van der Waals surface area contributed by atoms with Gasteiger partial charge in [0.05, 0.1) is 0 Å². The Kier molecular flexibility index (Phi) is 4.66. The summed E-state index contributed by atoms with van der Waals surface area (Å²) in [6, 6.07) is 0.489. The van der Waals surface area contributed by atoms with Crippen LogP contribution in [0.5, 0.6) is 0 Å². The SMILES string of the molecule is CSCCC(C)Nc1ncnc2c1CCCC2. The maximum absolute atomic E-state index is 4.41. The van der Waals surface area contributed by atoms with Gasteiger partial charge < -0.3 is 5.32 Å². The number of fused-ring (bicyclic) bond motifs is 1. The first-order chi connectivity index (χ1) is 8.31. The summed E-state index contributed by atoms with van der Waals surface area (Å²) in [5.41, 5.74) is 2.61. The van der Waals surface area contributed by atoms with Gasteiger partial charge in [-0.15, -0.1) is 0 Å². The second-order valence-electron chi connectivity index (χ2n) is 4.68. The highest BCUT2D eigenvalue weighted by Crippen LogP contribution is 2.25. The molecule has 1 aliphatic carbocycles. The monoisotopic (exact) mass is 251 g/mol. The van der Waals surface area contributed by atoms with E-state index >= 15 is 0 Å². The van der Waals surface area contributed by atoms with Gasteiger partial charge in [0.2, 0.25) is 0 Å². The summed E-state index contributed by atoms with van der Waals surface area (Å²) in [5.74, 6) is 2.27. The minimum absolute atomic E-state index is 0.489. The van der Waals surface area contributed by atoms with Crippen LogP contribution >= 0.6 is 11.8 Å². The molecule has 0 saturated heterocycles. The van der Waals surface area contributed by atoms with Crippen LogP contribution in [-0.4, -0.2) is 28.0 Å². The van der Waals surface area contributed by atoms with Crippen LogP contribution in [0.3, 0.4) is 0 Å². The number of rotatable bonds is 5. The predicted molar refractivity (Wildman–Crippen MR) is 74.8 cm³/mol. The number of nitrogens with one attached hydrogen (secondary N) is 1. The molecule has 0 aliphatic heterocycles. The molecule has 0 saturated carbocycles. The second-order valence-corrected chi connectivity index (χ2v) is 5.67. The molecule has 1 unspecified atom stereocenters. The Balaban J connectivity index is 2.05. The molecule has 1 atom stereocenters. The lowest BCUT2D eigenvalue weighted by molar-refractivity contribution is 0.659. The summed E-state index contributed by atoms with van der Waals surface area (Å²) in [6.45, 7) is 2.23. The van der Waals surface area contributed by atoms with E-state index in [1.165, 1.54) is 36.3 Å². The largest absolute Gasteiger partial charge is 0.367 e. The molecule has 1 aromatic rings. The first kappa shape index (κ1) is 12.7. The summed E-state index contributed by atoms with van der Waals surface area (Å²) in [4.78, 5) is 8.81. The minimum atomic E-state index is 0.489. The average molecular weight is 251 g/mol. The Morgan fingerprint density at radius 1 is 1.35 bits per heavy atom. The van der Waals surface area contributed by atoms with Gasteiger partial charge in [0, 0.05) is 17.3 Å². The number of hydrogen-bond acceptors (Lipinski definition) is 4. The molecule has 3 nitrogen and oxygen atoms in total. The van der Waals surface area contributed by atoms with Crippen molar-refractivity contribution in [1.82, 2.24) is 9.97 Å².